The lowest BCUT2D eigenvalue weighted by molar-refractivity contribution is -0.116. The molecule has 3 rings (SSSR count). The van der Waals surface area contributed by atoms with E-state index >= 15 is 0 Å². The Morgan fingerprint density at radius 1 is 1.18 bits per heavy atom. The highest BCUT2D eigenvalue weighted by Crippen LogP contribution is 2.46. The number of hydrogen-bond donors (Lipinski definition) is 0. The average Bonchev–Trinajstić information content (AvgIpc) is 2.94. The second-order valence-corrected chi connectivity index (χ2v) is 6.19. The predicted molar refractivity (Wildman–Crippen MR) is 68.6 cm³/mol. The van der Waals surface area contributed by atoms with Gasteiger partial charge in [-0.25, -0.2) is 0 Å². The molecule has 2 heteroatoms. The molecule has 0 aromatic heterocycles. The van der Waals surface area contributed by atoms with E-state index in [1.165, 1.54) is 32.1 Å². The van der Waals surface area contributed by atoms with Crippen molar-refractivity contribution in [2.45, 2.75) is 57.4 Å². The number of ketones is 1. The van der Waals surface area contributed by atoms with Crippen molar-refractivity contribution >= 4 is 5.78 Å². The Morgan fingerprint density at radius 2 is 2.00 bits per heavy atom. The van der Waals surface area contributed by atoms with Gasteiger partial charge in [0.1, 0.15) is 0 Å². The lowest BCUT2D eigenvalue weighted by Gasteiger charge is -2.31. The number of allylic oxidation sites excluding steroid dienone is 1. The molecule has 0 saturated heterocycles. The molecule has 3 unspecified atom stereocenters. The van der Waals surface area contributed by atoms with E-state index in [2.05, 4.69) is 18.1 Å². The second-order valence-electron chi connectivity index (χ2n) is 6.19. The molecular formula is C15H23NO. The molecular weight excluding hydrogens is 210 g/mol. The van der Waals surface area contributed by atoms with Crippen LogP contribution in [0.1, 0.15) is 51.4 Å². The summed E-state index contributed by atoms with van der Waals surface area (Å²) in [6.45, 7) is 0. The summed E-state index contributed by atoms with van der Waals surface area (Å²) in [6, 6.07) is 0.718. The fraction of sp³-hybridized carbons (Fsp3) is 0.800. The minimum Gasteiger partial charge on any atom is -0.377 e. The molecule has 17 heavy (non-hydrogen) atoms. The van der Waals surface area contributed by atoms with Crippen molar-refractivity contribution in [1.82, 2.24) is 4.90 Å². The van der Waals surface area contributed by atoms with Gasteiger partial charge in [-0.15, -0.1) is 0 Å². The van der Waals surface area contributed by atoms with Gasteiger partial charge in [0.15, 0.2) is 5.78 Å². The van der Waals surface area contributed by atoms with Gasteiger partial charge in [-0.3, -0.25) is 4.79 Å². The molecule has 0 N–H and O–H groups in total. The number of hydrogen-bond acceptors (Lipinski definition) is 2. The van der Waals surface area contributed by atoms with Gasteiger partial charge in [0.2, 0.25) is 0 Å². The molecule has 0 aromatic carbocycles. The molecule has 3 atom stereocenters. The fourth-order valence-corrected chi connectivity index (χ4v) is 4.09. The highest BCUT2D eigenvalue weighted by molar-refractivity contribution is 5.95. The second kappa shape index (κ2) is 4.47. The normalized spacial score (nSPS) is 39.0. The smallest absolute Gasteiger partial charge is 0.160 e. The number of Topliss-reactive ketones (excluding diaryl/α,β-unsaturated/α-hetero) is 1. The van der Waals surface area contributed by atoms with Crippen LogP contribution in [0.5, 0.6) is 0 Å². The molecule has 0 spiro atoms. The Labute approximate surface area is 104 Å². The molecule has 0 heterocycles. The van der Waals surface area contributed by atoms with Crippen LogP contribution in [0.15, 0.2) is 11.8 Å². The minimum absolute atomic E-state index is 0.395. The van der Waals surface area contributed by atoms with Crippen molar-refractivity contribution < 1.29 is 4.79 Å². The molecule has 3 fully saturated rings. The molecule has 2 bridgehead atoms. The molecule has 0 aliphatic heterocycles. The van der Waals surface area contributed by atoms with Crippen LogP contribution in [0.25, 0.3) is 0 Å². The zero-order valence-electron chi connectivity index (χ0n) is 10.8. The first-order valence-corrected chi connectivity index (χ1v) is 7.20. The standard InChI is InChI=1S/C15H23NO/c1-16(10-13-4-2-3-5-15(13)17)14-9-11-6-7-12(14)8-11/h10-12,14H,2-9H2,1H3/b13-10+. The van der Waals surface area contributed by atoms with Crippen LogP contribution in [-0.2, 0) is 4.79 Å². The van der Waals surface area contributed by atoms with Gasteiger partial charge in [-0.2, -0.15) is 0 Å². The summed E-state index contributed by atoms with van der Waals surface area (Å²) < 4.78 is 0. The predicted octanol–water partition coefficient (Wildman–Crippen LogP) is 3.13. The maximum atomic E-state index is 11.8. The Balaban J connectivity index is 1.68. The third-order valence-electron chi connectivity index (χ3n) is 5.04. The Bertz CT molecular complexity index is 347. The van der Waals surface area contributed by atoms with Gasteiger partial charge in [0, 0.05) is 31.3 Å². The molecule has 3 aliphatic rings. The van der Waals surface area contributed by atoms with E-state index in [1.54, 1.807) is 0 Å². The van der Waals surface area contributed by atoms with Gasteiger partial charge in [-0.05, 0) is 50.4 Å². The van der Waals surface area contributed by atoms with Crippen LogP contribution in [0.2, 0.25) is 0 Å². The third-order valence-corrected chi connectivity index (χ3v) is 5.04. The van der Waals surface area contributed by atoms with Crippen molar-refractivity contribution in [3.05, 3.63) is 11.8 Å². The Kier molecular flexibility index (Phi) is 2.97. The molecule has 0 aromatic rings. The van der Waals surface area contributed by atoms with E-state index < -0.39 is 0 Å². The summed E-state index contributed by atoms with van der Waals surface area (Å²) >= 11 is 0. The maximum absolute atomic E-state index is 11.8. The van der Waals surface area contributed by atoms with Crippen molar-refractivity contribution in [3.63, 3.8) is 0 Å². The quantitative estimate of drug-likeness (QED) is 0.683. The summed E-state index contributed by atoms with van der Waals surface area (Å²) in [5.74, 6) is 2.28. The summed E-state index contributed by atoms with van der Waals surface area (Å²) in [5, 5.41) is 0. The summed E-state index contributed by atoms with van der Waals surface area (Å²) in [6.07, 6.45) is 11.9. The lowest BCUT2D eigenvalue weighted by Crippen LogP contribution is -2.33. The molecule has 3 saturated carbocycles. The lowest BCUT2D eigenvalue weighted by atomic mass is 9.92. The van der Waals surface area contributed by atoms with E-state index in [0.29, 0.717) is 5.78 Å². The van der Waals surface area contributed by atoms with Gasteiger partial charge in [-0.1, -0.05) is 6.42 Å². The molecule has 0 radical (unpaired) electrons. The topological polar surface area (TPSA) is 20.3 Å². The van der Waals surface area contributed by atoms with Crippen LogP contribution >= 0.6 is 0 Å². The van der Waals surface area contributed by atoms with Crippen molar-refractivity contribution in [2.24, 2.45) is 11.8 Å². The van der Waals surface area contributed by atoms with Gasteiger partial charge < -0.3 is 4.90 Å². The highest BCUT2D eigenvalue weighted by atomic mass is 16.1. The minimum atomic E-state index is 0.395. The molecule has 0 amide bonds. The molecule has 94 valence electrons. The number of carbonyl (C=O) groups is 1. The van der Waals surface area contributed by atoms with E-state index in [0.717, 1.165) is 42.7 Å². The summed E-state index contributed by atoms with van der Waals surface area (Å²) in [5.41, 5.74) is 1.08. The number of nitrogens with zero attached hydrogens (tertiary/aromatic N) is 1. The van der Waals surface area contributed by atoms with Crippen LogP contribution in [-0.4, -0.2) is 23.8 Å². The Hall–Kier alpha value is -0.790. The largest absolute Gasteiger partial charge is 0.377 e. The third kappa shape index (κ3) is 2.14. The van der Waals surface area contributed by atoms with Crippen LogP contribution in [0, 0.1) is 11.8 Å². The summed E-state index contributed by atoms with van der Waals surface area (Å²) in [4.78, 5) is 14.2. The van der Waals surface area contributed by atoms with Crippen LogP contribution in [0.3, 0.4) is 0 Å². The molecule has 3 aliphatic carbocycles. The number of rotatable bonds is 2. The highest BCUT2D eigenvalue weighted by Gasteiger charge is 2.40. The van der Waals surface area contributed by atoms with Crippen molar-refractivity contribution in [1.29, 1.82) is 0 Å². The fourth-order valence-electron chi connectivity index (χ4n) is 4.09. The monoisotopic (exact) mass is 233 g/mol. The van der Waals surface area contributed by atoms with E-state index in [1.807, 2.05) is 0 Å². The van der Waals surface area contributed by atoms with E-state index in [4.69, 9.17) is 0 Å². The van der Waals surface area contributed by atoms with Gasteiger partial charge >= 0.3 is 0 Å². The van der Waals surface area contributed by atoms with E-state index in [-0.39, 0.29) is 0 Å². The maximum Gasteiger partial charge on any atom is 0.160 e. The SMILES string of the molecule is CN(/C=C1\CCCCC1=O)C1CC2CCC1C2. The first kappa shape index (κ1) is 11.3. The molecule has 2 nitrogen and oxygen atoms in total. The number of carbonyl (C=O) groups excluding carboxylic acids is 1. The van der Waals surface area contributed by atoms with Crippen LogP contribution < -0.4 is 0 Å². The van der Waals surface area contributed by atoms with E-state index in [9.17, 15) is 4.79 Å². The zero-order chi connectivity index (χ0) is 11.8. The van der Waals surface area contributed by atoms with Crippen LogP contribution in [0.4, 0.5) is 0 Å². The number of fused-ring (bicyclic) bond motifs is 2. The Morgan fingerprint density at radius 3 is 2.65 bits per heavy atom. The summed E-state index contributed by atoms with van der Waals surface area (Å²) in [7, 11) is 2.18. The zero-order valence-corrected chi connectivity index (χ0v) is 10.8. The van der Waals surface area contributed by atoms with Gasteiger partial charge in [0.25, 0.3) is 0 Å². The van der Waals surface area contributed by atoms with Gasteiger partial charge in [0.05, 0.1) is 0 Å². The first-order valence-electron chi connectivity index (χ1n) is 7.20. The van der Waals surface area contributed by atoms with Crippen molar-refractivity contribution in [2.75, 3.05) is 7.05 Å². The first-order chi connectivity index (χ1) is 8.24. The van der Waals surface area contributed by atoms with Crippen molar-refractivity contribution in [3.8, 4) is 0 Å². The average molecular weight is 233 g/mol.